The van der Waals surface area contributed by atoms with Gasteiger partial charge in [-0.3, -0.25) is 19.0 Å². The third kappa shape index (κ3) is 8.51. The van der Waals surface area contributed by atoms with Crippen molar-refractivity contribution in [3.63, 3.8) is 0 Å². The SMILES string of the molecule is CB(Cc1ccccc1)n1ncc(N[C@@H](CNC(C)=O)COC2CCN(C3CCN(c4ncc(C)cn4)CC3)C2=O)c(C(F)(F)F)c1=O. The van der Waals surface area contributed by atoms with E-state index in [4.69, 9.17) is 4.74 Å². The third-order valence-corrected chi connectivity index (χ3v) is 8.68. The van der Waals surface area contributed by atoms with Crippen molar-refractivity contribution in [2.24, 2.45) is 0 Å². The van der Waals surface area contributed by atoms with Gasteiger partial charge in [0.25, 0.3) is 18.3 Å². The lowest BCUT2D eigenvalue weighted by atomic mass is 9.60. The second-order valence-electron chi connectivity index (χ2n) is 12.4. The van der Waals surface area contributed by atoms with Crippen molar-refractivity contribution in [3.8, 4) is 0 Å². The minimum atomic E-state index is -4.99. The van der Waals surface area contributed by atoms with Crippen molar-refractivity contribution < 1.29 is 27.5 Å². The molecule has 2 aliphatic heterocycles. The molecule has 3 aromatic rings. The number of aryl methyl sites for hydroxylation is 1. The monoisotopic (exact) mass is 668 g/mol. The van der Waals surface area contributed by atoms with Gasteiger partial charge < -0.3 is 25.2 Å². The van der Waals surface area contributed by atoms with E-state index in [0.29, 0.717) is 38.3 Å². The first-order chi connectivity index (χ1) is 22.9. The van der Waals surface area contributed by atoms with Crippen LogP contribution in [0, 0.1) is 6.92 Å². The fourth-order valence-electron chi connectivity index (χ4n) is 6.20. The fraction of sp³-hybridized carbons (Fsp3) is 0.500. The van der Waals surface area contributed by atoms with Crippen LogP contribution in [-0.2, 0) is 26.8 Å². The van der Waals surface area contributed by atoms with Crippen molar-refractivity contribution >= 4 is 30.3 Å². The molecule has 2 fully saturated rings. The normalized spacial score (nSPS) is 17.8. The molecule has 5 rings (SSSR count). The molecule has 12 nitrogen and oxygen atoms in total. The van der Waals surface area contributed by atoms with Crippen LogP contribution < -0.4 is 21.1 Å². The van der Waals surface area contributed by atoms with Gasteiger partial charge in [-0.2, -0.15) is 18.3 Å². The first-order valence-corrected chi connectivity index (χ1v) is 16.1. The number of carbonyl (C=O) groups is 2. The number of piperidine rings is 1. The van der Waals surface area contributed by atoms with E-state index in [-0.39, 0.29) is 25.1 Å². The van der Waals surface area contributed by atoms with Gasteiger partial charge in [0.1, 0.15) is 11.7 Å². The predicted molar refractivity (Wildman–Crippen MR) is 175 cm³/mol. The first kappa shape index (κ1) is 34.9. The Hall–Kier alpha value is -4.47. The van der Waals surface area contributed by atoms with E-state index in [0.717, 1.165) is 34.8 Å². The maximum absolute atomic E-state index is 14.3. The predicted octanol–water partition coefficient (Wildman–Crippen LogP) is 2.81. The number of ether oxygens (including phenoxy) is 1. The number of carbonyl (C=O) groups excluding carboxylic acids is 2. The van der Waals surface area contributed by atoms with E-state index < -0.39 is 47.9 Å². The van der Waals surface area contributed by atoms with Crippen LogP contribution in [0.2, 0.25) is 6.82 Å². The van der Waals surface area contributed by atoms with Crippen LogP contribution in [0.3, 0.4) is 0 Å². The molecule has 2 N–H and O–H groups in total. The average Bonchev–Trinajstić information content (AvgIpc) is 3.42. The molecule has 48 heavy (non-hydrogen) atoms. The lowest BCUT2D eigenvalue weighted by Crippen LogP contribution is -2.47. The molecule has 2 atom stereocenters. The van der Waals surface area contributed by atoms with E-state index in [1.165, 1.54) is 6.92 Å². The number of amides is 2. The largest absolute Gasteiger partial charge is 0.423 e. The summed E-state index contributed by atoms with van der Waals surface area (Å²) in [6.45, 7) is 5.79. The molecular weight excluding hydrogens is 628 g/mol. The number of anilines is 2. The van der Waals surface area contributed by atoms with Crippen LogP contribution in [0.4, 0.5) is 24.8 Å². The van der Waals surface area contributed by atoms with Crippen molar-refractivity contribution in [3.05, 3.63) is 76.0 Å². The van der Waals surface area contributed by atoms with E-state index in [9.17, 15) is 27.6 Å². The Bertz CT molecular complexity index is 1620. The number of nitrogens with one attached hydrogen (secondary N) is 2. The number of nitrogens with zero attached hydrogens (tertiary/aromatic N) is 6. The molecule has 0 aliphatic carbocycles. The highest BCUT2D eigenvalue weighted by Gasteiger charge is 2.41. The summed E-state index contributed by atoms with van der Waals surface area (Å²) in [4.78, 5) is 51.0. The number of halogens is 3. The van der Waals surface area contributed by atoms with Gasteiger partial charge in [-0.15, -0.1) is 0 Å². The first-order valence-electron chi connectivity index (χ1n) is 16.1. The summed E-state index contributed by atoms with van der Waals surface area (Å²) >= 11 is 0. The van der Waals surface area contributed by atoms with E-state index >= 15 is 0 Å². The second kappa shape index (κ2) is 15.2. The molecule has 2 saturated heterocycles. The summed E-state index contributed by atoms with van der Waals surface area (Å²) < 4.78 is 49.8. The van der Waals surface area contributed by atoms with Crippen molar-refractivity contribution in [2.45, 2.75) is 70.6 Å². The molecule has 0 radical (unpaired) electrons. The van der Waals surface area contributed by atoms with E-state index in [1.807, 2.05) is 42.2 Å². The molecule has 2 aromatic heterocycles. The Morgan fingerprint density at radius 3 is 2.40 bits per heavy atom. The molecular formula is C32H40BF3N8O4. The van der Waals surface area contributed by atoms with Gasteiger partial charge in [-0.25, -0.2) is 9.97 Å². The summed E-state index contributed by atoms with van der Waals surface area (Å²) in [5, 5.41) is 9.39. The lowest BCUT2D eigenvalue weighted by molar-refractivity contribution is -0.139. The fourth-order valence-corrected chi connectivity index (χ4v) is 6.20. The molecule has 0 bridgehead atoms. The van der Waals surface area contributed by atoms with Crippen LogP contribution >= 0.6 is 0 Å². The number of likely N-dealkylation sites (tertiary alicyclic amines) is 1. The summed E-state index contributed by atoms with van der Waals surface area (Å²) in [7, 11) is 0. The van der Waals surface area contributed by atoms with Crippen molar-refractivity contribution in [1.82, 2.24) is 29.9 Å². The topological polar surface area (TPSA) is 135 Å². The molecule has 16 heteroatoms. The zero-order valence-electron chi connectivity index (χ0n) is 27.2. The maximum atomic E-state index is 14.3. The molecule has 4 heterocycles. The minimum Gasteiger partial charge on any atom is -0.376 e. The van der Waals surface area contributed by atoms with Crippen LogP contribution in [0.15, 0.2) is 53.7 Å². The number of rotatable bonds is 12. The Morgan fingerprint density at radius 2 is 1.75 bits per heavy atom. The zero-order chi connectivity index (χ0) is 34.4. The van der Waals surface area contributed by atoms with Crippen LogP contribution in [0.1, 0.15) is 42.9 Å². The van der Waals surface area contributed by atoms with Crippen LogP contribution in [-0.4, -0.2) is 94.2 Å². The molecule has 1 unspecified atom stereocenters. The zero-order valence-corrected chi connectivity index (χ0v) is 27.2. The quantitative estimate of drug-likeness (QED) is 0.280. The van der Waals surface area contributed by atoms with Crippen LogP contribution in [0.25, 0.3) is 0 Å². The van der Waals surface area contributed by atoms with Gasteiger partial charge in [-0.05, 0) is 31.6 Å². The van der Waals surface area contributed by atoms with Gasteiger partial charge in [-0.1, -0.05) is 42.7 Å². The Kier molecular flexibility index (Phi) is 11.0. The molecule has 0 saturated carbocycles. The Balaban J connectivity index is 1.24. The highest BCUT2D eigenvalue weighted by molar-refractivity contribution is 6.54. The Morgan fingerprint density at radius 1 is 1.06 bits per heavy atom. The van der Waals surface area contributed by atoms with Gasteiger partial charge in [0.2, 0.25) is 11.9 Å². The number of hydrogen-bond donors (Lipinski definition) is 2. The molecule has 2 amide bonds. The molecule has 256 valence electrons. The third-order valence-electron chi connectivity index (χ3n) is 8.68. The number of hydrogen-bond acceptors (Lipinski definition) is 9. The van der Waals surface area contributed by atoms with Gasteiger partial charge in [0, 0.05) is 58.0 Å². The van der Waals surface area contributed by atoms with Crippen LogP contribution in [0.5, 0.6) is 0 Å². The maximum Gasteiger partial charge on any atom is 0.423 e. The minimum absolute atomic E-state index is 0.0253. The van der Waals surface area contributed by atoms with Gasteiger partial charge >= 0.3 is 6.18 Å². The number of aromatic nitrogens is 4. The summed E-state index contributed by atoms with van der Waals surface area (Å²) in [5.74, 6) is 0.0891. The summed E-state index contributed by atoms with van der Waals surface area (Å²) in [5.41, 5.74) is -1.37. The molecule has 0 spiro atoms. The van der Waals surface area contributed by atoms with Crippen molar-refractivity contribution in [2.75, 3.05) is 43.0 Å². The van der Waals surface area contributed by atoms with E-state index in [1.54, 1.807) is 19.2 Å². The smallest absolute Gasteiger partial charge is 0.376 e. The van der Waals surface area contributed by atoms with E-state index in [2.05, 4.69) is 30.6 Å². The summed E-state index contributed by atoms with van der Waals surface area (Å²) in [6.07, 6.45) is 0.975. The summed E-state index contributed by atoms with van der Waals surface area (Å²) in [6, 6.07) is 8.24. The van der Waals surface area contributed by atoms with Gasteiger partial charge in [0.15, 0.2) is 0 Å². The standard InChI is InChI=1S/C32H40BF3N8O4/c1-21-16-38-31(39-17-21)42-12-9-25(10-13-42)43-14-11-27(29(43)46)48-20-24(18-37-22(2)45)41-26-19-40-44(30(47)28(26)32(34,35)36)33(3)15-23-7-5-4-6-8-23/h4-8,16-17,19,24-25,27,41H,9-15,18,20H2,1-3H3,(H,37,45)/t24-,27?/m0/s1. The number of benzene rings is 1. The lowest BCUT2D eigenvalue weighted by Gasteiger charge is -2.36. The van der Waals surface area contributed by atoms with Gasteiger partial charge in [0.05, 0.1) is 24.5 Å². The Labute approximate surface area is 277 Å². The van der Waals surface area contributed by atoms with Crippen molar-refractivity contribution in [1.29, 1.82) is 0 Å². The highest BCUT2D eigenvalue weighted by atomic mass is 19.4. The average molecular weight is 669 g/mol. The second-order valence-corrected chi connectivity index (χ2v) is 12.4. The number of alkyl halides is 3. The molecule has 2 aliphatic rings. The highest BCUT2D eigenvalue weighted by Crippen LogP contribution is 2.32. The molecule has 1 aromatic carbocycles.